The summed E-state index contributed by atoms with van der Waals surface area (Å²) in [5, 5.41) is 0. The summed E-state index contributed by atoms with van der Waals surface area (Å²) in [6, 6.07) is 5.78. The fourth-order valence-electron chi connectivity index (χ4n) is 2.09. The second-order valence-corrected chi connectivity index (χ2v) is 4.86. The Balaban J connectivity index is 2.63. The topological polar surface area (TPSA) is 130 Å². The number of nitrogens with zero attached hydrogens (tertiary/aromatic N) is 2. The second-order valence-electron chi connectivity index (χ2n) is 4.86. The van der Waals surface area contributed by atoms with Crippen LogP contribution in [0.25, 0.3) is 0 Å². The third-order valence-corrected chi connectivity index (χ3v) is 3.27. The van der Waals surface area contributed by atoms with E-state index in [2.05, 4.69) is 4.98 Å². The lowest BCUT2D eigenvalue weighted by atomic mass is 10.2. The third-order valence-electron chi connectivity index (χ3n) is 3.27. The molecule has 0 fully saturated rings. The molecule has 128 valence electrons. The molecule has 0 spiro atoms. The van der Waals surface area contributed by atoms with E-state index in [9.17, 15) is 9.18 Å². The van der Waals surface area contributed by atoms with Crippen LogP contribution in [0, 0.1) is 5.82 Å². The van der Waals surface area contributed by atoms with Gasteiger partial charge in [-0.1, -0.05) is 0 Å². The maximum Gasteiger partial charge on any atom is 0.237 e. The highest BCUT2D eigenvalue weighted by Gasteiger charge is 2.22. The molecule has 0 aliphatic rings. The van der Waals surface area contributed by atoms with E-state index in [1.807, 2.05) is 0 Å². The summed E-state index contributed by atoms with van der Waals surface area (Å²) >= 11 is 0. The van der Waals surface area contributed by atoms with E-state index >= 15 is 0 Å². The maximum absolute atomic E-state index is 14.7. The molecule has 0 saturated heterocycles. The monoisotopic (exact) mass is 335 g/mol. The van der Waals surface area contributed by atoms with Crippen molar-refractivity contribution in [3.8, 4) is 11.5 Å². The lowest BCUT2D eigenvalue weighted by Crippen LogP contribution is -2.31. The quantitative estimate of drug-likeness (QED) is 0.718. The molecular weight excluding hydrogens is 317 g/mol. The molecule has 2 aromatic rings. The largest absolute Gasteiger partial charge is 0.497 e. The highest BCUT2D eigenvalue weighted by atomic mass is 19.1. The van der Waals surface area contributed by atoms with Crippen molar-refractivity contribution >= 4 is 28.9 Å². The molecule has 8 nitrogen and oxygen atoms in total. The van der Waals surface area contributed by atoms with Crippen LogP contribution in [0.15, 0.2) is 24.3 Å². The smallest absolute Gasteiger partial charge is 0.237 e. The number of carbonyl (C=O) groups excluding carboxylic acids is 1. The molecule has 9 heteroatoms. The lowest BCUT2D eigenvalue weighted by Gasteiger charge is -2.24. The molecule has 1 heterocycles. The van der Waals surface area contributed by atoms with Gasteiger partial charge in [0, 0.05) is 12.1 Å². The number of ether oxygens (including phenoxy) is 2. The van der Waals surface area contributed by atoms with Gasteiger partial charge < -0.3 is 31.6 Å². The number of nitrogen functional groups attached to an aromatic ring is 2. The predicted octanol–water partition coefficient (Wildman–Crippen LogP) is 1.03. The molecule has 2 rings (SSSR count). The fraction of sp³-hybridized carbons (Fsp3) is 0.200. The molecule has 0 atom stereocenters. The number of aromatic nitrogens is 1. The van der Waals surface area contributed by atoms with E-state index in [0.29, 0.717) is 5.75 Å². The number of hydrogen-bond acceptors (Lipinski definition) is 7. The molecular formula is C15H18FN5O3. The number of pyridine rings is 1. The van der Waals surface area contributed by atoms with Crippen LogP contribution in [-0.2, 0) is 4.79 Å². The van der Waals surface area contributed by atoms with Gasteiger partial charge in [-0.3, -0.25) is 4.79 Å². The average Bonchev–Trinajstić information content (AvgIpc) is 2.55. The van der Waals surface area contributed by atoms with Gasteiger partial charge in [-0.25, -0.2) is 9.37 Å². The molecule has 0 unspecified atom stereocenters. The first-order valence-electron chi connectivity index (χ1n) is 6.86. The maximum atomic E-state index is 14.7. The highest BCUT2D eigenvalue weighted by molar-refractivity contribution is 5.83. The van der Waals surface area contributed by atoms with Crippen molar-refractivity contribution < 1.29 is 18.7 Å². The number of benzene rings is 1. The SMILES string of the molecule is COc1cc(OC)c(F)c(N(CC(N)=O)c2ccc(N)c(N)n2)c1. The molecule has 0 aliphatic carbocycles. The van der Waals surface area contributed by atoms with Gasteiger partial charge in [0.15, 0.2) is 11.6 Å². The Labute approximate surface area is 138 Å². The van der Waals surface area contributed by atoms with Crippen molar-refractivity contribution in [1.29, 1.82) is 0 Å². The van der Waals surface area contributed by atoms with Crippen LogP contribution in [0.5, 0.6) is 11.5 Å². The first-order valence-corrected chi connectivity index (χ1v) is 6.86. The molecule has 0 saturated carbocycles. The van der Waals surface area contributed by atoms with Crippen LogP contribution in [0.4, 0.5) is 27.4 Å². The number of rotatable bonds is 6. The van der Waals surface area contributed by atoms with Crippen molar-refractivity contribution in [2.45, 2.75) is 0 Å². The van der Waals surface area contributed by atoms with Crippen LogP contribution in [-0.4, -0.2) is 31.7 Å². The summed E-state index contributed by atoms with van der Waals surface area (Å²) in [7, 11) is 2.74. The fourth-order valence-corrected chi connectivity index (χ4v) is 2.09. The summed E-state index contributed by atoms with van der Waals surface area (Å²) in [5.74, 6) is -0.847. The first kappa shape index (κ1) is 17.1. The zero-order valence-corrected chi connectivity index (χ0v) is 13.2. The van der Waals surface area contributed by atoms with Gasteiger partial charge in [0.2, 0.25) is 5.91 Å². The molecule has 0 aliphatic heterocycles. The normalized spacial score (nSPS) is 10.3. The Kier molecular flexibility index (Phi) is 4.93. The Morgan fingerprint density at radius 1 is 1.25 bits per heavy atom. The van der Waals surface area contributed by atoms with Crippen molar-refractivity contribution in [3.63, 3.8) is 0 Å². The Hall–Kier alpha value is -3.23. The second kappa shape index (κ2) is 6.90. The molecule has 6 N–H and O–H groups in total. The number of primary amides is 1. The highest BCUT2D eigenvalue weighted by Crippen LogP contribution is 2.36. The molecule has 1 aromatic heterocycles. The van der Waals surface area contributed by atoms with E-state index < -0.39 is 11.7 Å². The average molecular weight is 335 g/mol. The summed E-state index contributed by atoms with van der Waals surface area (Å²) in [6.45, 7) is -0.330. The van der Waals surface area contributed by atoms with Crippen LogP contribution in [0.1, 0.15) is 0 Å². The zero-order valence-electron chi connectivity index (χ0n) is 13.2. The summed E-state index contributed by atoms with van der Waals surface area (Å²) in [4.78, 5) is 16.8. The molecule has 1 aromatic carbocycles. The van der Waals surface area contributed by atoms with Gasteiger partial charge in [-0.05, 0) is 12.1 Å². The van der Waals surface area contributed by atoms with E-state index in [1.54, 1.807) is 0 Å². The first-order chi connectivity index (χ1) is 11.4. The minimum atomic E-state index is -0.697. The number of methoxy groups -OCH3 is 2. The standard InChI is InChI=1S/C15H18FN5O3/c1-23-8-5-10(14(16)11(6-8)24-2)21(7-12(18)22)13-4-3-9(17)15(19)20-13/h3-6H,7,17H2,1-2H3,(H2,18,22)(H2,19,20). The van der Waals surface area contributed by atoms with E-state index in [0.717, 1.165) is 0 Å². The van der Waals surface area contributed by atoms with Crippen LogP contribution in [0.2, 0.25) is 0 Å². The van der Waals surface area contributed by atoms with E-state index in [-0.39, 0.29) is 35.3 Å². The van der Waals surface area contributed by atoms with Gasteiger partial charge in [0.1, 0.15) is 23.9 Å². The number of anilines is 4. The Bertz CT molecular complexity index is 769. The summed E-state index contributed by atoms with van der Waals surface area (Å²) in [5.41, 5.74) is 16.9. The van der Waals surface area contributed by atoms with Crippen LogP contribution in [0.3, 0.4) is 0 Å². The van der Waals surface area contributed by atoms with Gasteiger partial charge in [0.25, 0.3) is 0 Å². The molecule has 0 bridgehead atoms. The number of carbonyl (C=O) groups is 1. The molecule has 0 radical (unpaired) electrons. The van der Waals surface area contributed by atoms with Crippen molar-refractivity contribution in [3.05, 3.63) is 30.1 Å². The van der Waals surface area contributed by atoms with Crippen molar-refractivity contribution in [2.24, 2.45) is 5.73 Å². The lowest BCUT2D eigenvalue weighted by molar-refractivity contribution is -0.116. The number of nitrogens with two attached hydrogens (primary N) is 3. The third kappa shape index (κ3) is 3.40. The number of hydrogen-bond donors (Lipinski definition) is 3. The van der Waals surface area contributed by atoms with Crippen LogP contribution >= 0.6 is 0 Å². The van der Waals surface area contributed by atoms with E-state index in [1.165, 1.54) is 43.4 Å². The van der Waals surface area contributed by atoms with Gasteiger partial charge >= 0.3 is 0 Å². The Morgan fingerprint density at radius 2 is 1.96 bits per heavy atom. The van der Waals surface area contributed by atoms with Gasteiger partial charge in [-0.15, -0.1) is 0 Å². The Morgan fingerprint density at radius 3 is 2.50 bits per heavy atom. The molecule has 1 amide bonds. The minimum Gasteiger partial charge on any atom is -0.497 e. The van der Waals surface area contributed by atoms with Gasteiger partial charge in [0.05, 0.1) is 25.6 Å². The van der Waals surface area contributed by atoms with Crippen molar-refractivity contribution in [2.75, 3.05) is 37.1 Å². The van der Waals surface area contributed by atoms with Crippen LogP contribution < -0.4 is 31.6 Å². The zero-order chi connectivity index (χ0) is 17.9. The van der Waals surface area contributed by atoms with Crippen molar-refractivity contribution in [1.82, 2.24) is 4.98 Å². The number of halogens is 1. The predicted molar refractivity (Wildman–Crippen MR) is 88.8 cm³/mol. The van der Waals surface area contributed by atoms with E-state index in [4.69, 9.17) is 26.7 Å². The minimum absolute atomic E-state index is 0.00155. The van der Waals surface area contributed by atoms with Gasteiger partial charge in [-0.2, -0.15) is 0 Å². The summed E-state index contributed by atoms with van der Waals surface area (Å²) < 4.78 is 24.8. The molecule has 24 heavy (non-hydrogen) atoms. The summed E-state index contributed by atoms with van der Waals surface area (Å²) in [6.07, 6.45) is 0. The number of amides is 1.